The highest BCUT2D eigenvalue weighted by atomic mass is 32.2. The molecule has 138 valence electrons. The minimum absolute atomic E-state index is 0.0197. The quantitative estimate of drug-likeness (QED) is 0.812. The molecule has 0 atom stereocenters. The summed E-state index contributed by atoms with van der Waals surface area (Å²) in [6.45, 7) is -0.871. The Labute approximate surface area is 148 Å². The lowest BCUT2D eigenvalue weighted by Crippen LogP contribution is -2.35. The number of methoxy groups -OCH3 is 1. The molecular weight excluding hydrogens is 369 g/mol. The standard InChI is InChI=1S/C16H14FNO7S/c1-23-13-5-3-11(7-12(13)17)26(21,22)18(8-16(19)20)10-2-4-14-15(6-10)25-9-24-14/h2-7H,8-9H2,1H3,(H,19,20). The number of fused-ring (bicyclic) bond motifs is 1. The van der Waals surface area contributed by atoms with Crippen LogP contribution in [-0.2, 0) is 14.8 Å². The van der Waals surface area contributed by atoms with Crippen LogP contribution in [0, 0.1) is 5.82 Å². The highest BCUT2D eigenvalue weighted by molar-refractivity contribution is 7.92. The molecule has 3 rings (SSSR count). The van der Waals surface area contributed by atoms with E-state index in [0.29, 0.717) is 10.1 Å². The van der Waals surface area contributed by atoms with Crippen LogP contribution >= 0.6 is 0 Å². The van der Waals surface area contributed by atoms with Crippen molar-refractivity contribution in [2.75, 3.05) is 24.8 Å². The van der Waals surface area contributed by atoms with Gasteiger partial charge in [-0.2, -0.15) is 0 Å². The van der Waals surface area contributed by atoms with Crippen molar-refractivity contribution in [2.45, 2.75) is 4.90 Å². The Kier molecular flexibility index (Phi) is 4.60. The van der Waals surface area contributed by atoms with Crippen molar-refractivity contribution < 1.29 is 36.9 Å². The van der Waals surface area contributed by atoms with Gasteiger partial charge < -0.3 is 19.3 Å². The first-order valence-corrected chi connectivity index (χ1v) is 8.74. The number of benzene rings is 2. The number of aliphatic carboxylic acids is 1. The minimum atomic E-state index is -4.35. The summed E-state index contributed by atoms with van der Waals surface area (Å²) < 4.78 is 55.5. The largest absolute Gasteiger partial charge is 0.494 e. The third-order valence-electron chi connectivity index (χ3n) is 3.63. The number of carboxylic acid groups (broad SMARTS) is 1. The number of ether oxygens (including phenoxy) is 3. The molecule has 26 heavy (non-hydrogen) atoms. The maximum absolute atomic E-state index is 13.9. The van der Waals surface area contributed by atoms with Crippen LogP contribution in [0.25, 0.3) is 0 Å². The van der Waals surface area contributed by atoms with Gasteiger partial charge in [-0.3, -0.25) is 9.10 Å². The Balaban J connectivity index is 2.06. The first-order chi connectivity index (χ1) is 12.3. The predicted molar refractivity (Wildman–Crippen MR) is 87.7 cm³/mol. The van der Waals surface area contributed by atoms with Crippen LogP contribution in [0.3, 0.4) is 0 Å². The zero-order chi connectivity index (χ0) is 18.9. The summed E-state index contributed by atoms with van der Waals surface area (Å²) in [7, 11) is -3.11. The second-order valence-electron chi connectivity index (χ2n) is 5.24. The number of hydrogen-bond donors (Lipinski definition) is 1. The predicted octanol–water partition coefficient (Wildman–Crippen LogP) is 1.84. The van der Waals surface area contributed by atoms with E-state index in [1.807, 2.05) is 0 Å². The van der Waals surface area contributed by atoms with Crippen molar-refractivity contribution in [3.63, 3.8) is 0 Å². The van der Waals surface area contributed by atoms with E-state index < -0.39 is 33.3 Å². The Morgan fingerprint density at radius 1 is 1.23 bits per heavy atom. The molecule has 0 amide bonds. The fourth-order valence-corrected chi connectivity index (χ4v) is 3.83. The Hall–Kier alpha value is -3.01. The Morgan fingerprint density at radius 3 is 2.62 bits per heavy atom. The molecule has 0 saturated heterocycles. The fraction of sp³-hybridized carbons (Fsp3) is 0.188. The molecule has 1 aliphatic heterocycles. The maximum Gasteiger partial charge on any atom is 0.324 e. The highest BCUT2D eigenvalue weighted by Gasteiger charge is 2.29. The topological polar surface area (TPSA) is 102 Å². The van der Waals surface area contributed by atoms with Crippen LogP contribution in [0.5, 0.6) is 17.2 Å². The van der Waals surface area contributed by atoms with Gasteiger partial charge in [-0.15, -0.1) is 0 Å². The molecule has 0 unspecified atom stereocenters. The van der Waals surface area contributed by atoms with Crippen molar-refractivity contribution in [1.29, 1.82) is 0 Å². The summed E-state index contributed by atoms with van der Waals surface area (Å²) >= 11 is 0. The van der Waals surface area contributed by atoms with Gasteiger partial charge >= 0.3 is 5.97 Å². The van der Waals surface area contributed by atoms with E-state index in [4.69, 9.17) is 19.3 Å². The molecule has 1 N–H and O–H groups in total. The van der Waals surface area contributed by atoms with E-state index >= 15 is 0 Å². The van der Waals surface area contributed by atoms with Gasteiger partial charge in [0.25, 0.3) is 10.0 Å². The molecule has 0 spiro atoms. The second kappa shape index (κ2) is 6.71. The number of rotatable bonds is 6. The summed E-state index contributed by atoms with van der Waals surface area (Å²) in [5, 5.41) is 9.13. The van der Waals surface area contributed by atoms with Crippen molar-refractivity contribution in [1.82, 2.24) is 0 Å². The third-order valence-corrected chi connectivity index (χ3v) is 5.40. The molecule has 0 fully saturated rings. The second-order valence-corrected chi connectivity index (χ2v) is 7.10. The van der Waals surface area contributed by atoms with Crippen LogP contribution in [-0.4, -0.2) is 39.9 Å². The van der Waals surface area contributed by atoms with Crippen molar-refractivity contribution in [3.05, 3.63) is 42.2 Å². The van der Waals surface area contributed by atoms with E-state index in [1.165, 1.54) is 25.3 Å². The van der Waals surface area contributed by atoms with Gasteiger partial charge in [-0.05, 0) is 30.3 Å². The molecule has 0 aromatic heterocycles. The van der Waals surface area contributed by atoms with Crippen LogP contribution in [0.4, 0.5) is 10.1 Å². The zero-order valence-corrected chi connectivity index (χ0v) is 14.3. The number of nitrogens with zero attached hydrogens (tertiary/aromatic N) is 1. The third kappa shape index (κ3) is 3.23. The van der Waals surface area contributed by atoms with Gasteiger partial charge in [0, 0.05) is 6.07 Å². The van der Waals surface area contributed by atoms with E-state index in [9.17, 15) is 17.6 Å². The van der Waals surface area contributed by atoms with E-state index in [-0.39, 0.29) is 24.0 Å². The van der Waals surface area contributed by atoms with Crippen LogP contribution in [0.2, 0.25) is 0 Å². The molecule has 1 heterocycles. The monoisotopic (exact) mass is 383 g/mol. The van der Waals surface area contributed by atoms with Gasteiger partial charge in [0.2, 0.25) is 6.79 Å². The number of halogens is 1. The molecule has 8 nitrogen and oxygen atoms in total. The average molecular weight is 383 g/mol. The number of hydrogen-bond acceptors (Lipinski definition) is 6. The molecular formula is C16H14FNO7S. The molecule has 0 bridgehead atoms. The summed E-state index contributed by atoms with van der Waals surface area (Å²) in [4.78, 5) is 10.8. The first-order valence-electron chi connectivity index (χ1n) is 7.30. The SMILES string of the molecule is COc1ccc(S(=O)(=O)N(CC(=O)O)c2ccc3c(c2)OCO3)cc1F. The van der Waals surface area contributed by atoms with Crippen LogP contribution in [0.15, 0.2) is 41.3 Å². The van der Waals surface area contributed by atoms with E-state index in [0.717, 1.165) is 18.2 Å². The van der Waals surface area contributed by atoms with Gasteiger partial charge in [0.15, 0.2) is 23.1 Å². The van der Waals surface area contributed by atoms with Gasteiger partial charge in [-0.25, -0.2) is 12.8 Å². The minimum Gasteiger partial charge on any atom is -0.494 e. The molecule has 1 aliphatic rings. The molecule has 10 heteroatoms. The number of carbonyl (C=O) groups is 1. The lowest BCUT2D eigenvalue weighted by molar-refractivity contribution is -0.135. The normalized spacial score (nSPS) is 12.7. The number of carboxylic acids is 1. The Morgan fingerprint density at radius 2 is 1.96 bits per heavy atom. The zero-order valence-electron chi connectivity index (χ0n) is 13.5. The highest BCUT2D eigenvalue weighted by Crippen LogP contribution is 2.37. The summed E-state index contributed by atoms with van der Waals surface area (Å²) in [6, 6.07) is 7.27. The summed E-state index contributed by atoms with van der Waals surface area (Å²) in [5.41, 5.74) is 0.0490. The summed E-state index contributed by atoms with van der Waals surface area (Å²) in [6.07, 6.45) is 0. The fourth-order valence-electron chi connectivity index (χ4n) is 2.41. The summed E-state index contributed by atoms with van der Waals surface area (Å²) in [5.74, 6) is -1.68. The number of anilines is 1. The molecule has 2 aromatic carbocycles. The van der Waals surface area contributed by atoms with Gasteiger partial charge in [0.1, 0.15) is 6.54 Å². The molecule has 0 radical (unpaired) electrons. The van der Waals surface area contributed by atoms with E-state index in [2.05, 4.69) is 0 Å². The smallest absolute Gasteiger partial charge is 0.324 e. The van der Waals surface area contributed by atoms with Gasteiger partial charge in [0.05, 0.1) is 17.7 Å². The van der Waals surface area contributed by atoms with Gasteiger partial charge in [-0.1, -0.05) is 0 Å². The molecule has 0 saturated carbocycles. The maximum atomic E-state index is 13.9. The lowest BCUT2D eigenvalue weighted by Gasteiger charge is -2.23. The number of sulfonamides is 1. The Bertz CT molecular complexity index is 961. The lowest BCUT2D eigenvalue weighted by atomic mass is 10.3. The first kappa shape index (κ1) is 17.8. The van der Waals surface area contributed by atoms with Crippen molar-refractivity contribution in [2.24, 2.45) is 0 Å². The van der Waals surface area contributed by atoms with Crippen LogP contribution in [0.1, 0.15) is 0 Å². The van der Waals surface area contributed by atoms with Crippen molar-refractivity contribution in [3.8, 4) is 17.2 Å². The average Bonchev–Trinajstić information content (AvgIpc) is 3.07. The van der Waals surface area contributed by atoms with Crippen molar-refractivity contribution >= 4 is 21.7 Å². The van der Waals surface area contributed by atoms with Crippen LogP contribution < -0.4 is 18.5 Å². The molecule has 0 aliphatic carbocycles. The van der Waals surface area contributed by atoms with E-state index in [1.54, 1.807) is 0 Å². The molecule has 2 aromatic rings.